The molecule has 1 fully saturated rings. The Labute approximate surface area is 155 Å². The summed E-state index contributed by atoms with van der Waals surface area (Å²) >= 11 is 1.48. The number of carbonyl (C=O) groups excluding carboxylic acids is 1. The molecule has 1 aliphatic heterocycles. The molecule has 0 spiro atoms. The zero-order valence-corrected chi connectivity index (χ0v) is 15.0. The van der Waals surface area contributed by atoms with Crippen molar-refractivity contribution in [3.05, 3.63) is 54.0 Å². The number of nitrogens with one attached hydrogen (secondary N) is 1. The highest BCUT2D eigenvalue weighted by Gasteiger charge is 2.12. The lowest BCUT2D eigenvalue weighted by Crippen LogP contribution is -2.35. The summed E-state index contributed by atoms with van der Waals surface area (Å²) in [5, 5.41) is 3.40. The molecule has 1 N–H and O–H groups in total. The van der Waals surface area contributed by atoms with Gasteiger partial charge >= 0.3 is 0 Å². The van der Waals surface area contributed by atoms with Gasteiger partial charge in [0.25, 0.3) is 0 Å². The maximum atomic E-state index is 12.0. The predicted molar refractivity (Wildman–Crippen MR) is 102 cm³/mol. The largest absolute Gasteiger partial charge is 0.465 e. The molecule has 6 nitrogen and oxygen atoms in total. The molecule has 1 saturated heterocycles. The number of amides is 1. The third-order valence-corrected chi connectivity index (χ3v) is 5.07. The van der Waals surface area contributed by atoms with Crippen molar-refractivity contribution >= 4 is 38.7 Å². The molecule has 0 bridgehead atoms. The summed E-state index contributed by atoms with van der Waals surface area (Å²) in [6, 6.07) is 9.82. The van der Waals surface area contributed by atoms with Gasteiger partial charge in [-0.15, -0.1) is 0 Å². The average Bonchev–Trinajstić information content (AvgIpc) is 3.29. The summed E-state index contributed by atoms with van der Waals surface area (Å²) in [7, 11) is 0. The van der Waals surface area contributed by atoms with Gasteiger partial charge in [-0.25, -0.2) is 4.98 Å². The van der Waals surface area contributed by atoms with Crippen LogP contribution in [-0.2, 0) is 16.1 Å². The van der Waals surface area contributed by atoms with E-state index >= 15 is 0 Å². The Bertz CT molecular complexity index is 911. The number of anilines is 1. The Balaban J connectivity index is 1.42. The third-order valence-electron chi connectivity index (χ3n) is 4.14. The minimum Gasteiger partial charge on any atom is -0.465 e. The SMILES string of the molecule is O=C(/C=C/c1ccco1)Nc1nc2ccc(CN3CCOCC3)cc2s1. The van der Waals surface area contributed by atoms with E-state index in [2.05, 4.69) is 27.3 Å². The monoisotopic (exact) mass is 369 g/mol. The number of ether oxygens (including phenoxy) is 1. The Hall–Kier alpha value is -2.48. The Morgan fingerprint density at radius 1 is 1.31 bits per heavy atom. The number of benzene rings is 1. The van der Waals surface area contributed by atoms with Crippen molar-refractivity contribution < 1.29 is 13.9 Å². The van der Waals surface area contributed by atoms with Crippen LogP contribution in [0, 0.1) is 0 Å². The van der Waals surface area contributed by atoms with Gasteiger partial charge < -0.3 is 9.15 Å². The number of hydrogen-bond acceptors (Lipinski definition) is 6. The first-order valence-corrected chi connectivity index (χ1v) is 9.30. The summed E-state index contributed by atoms with van der Waals surface area (Å²) in [5.74, 6) is 0.409. The van der Waals surface area contributed by atoms with Gasteiger partial charge in [-0.2, -0.15) is 0 Å². The number of morpholine rings is 1. The standard InChI is InChI=1S/C19H19N3O3S/c23-18(6-4-15-2-1-9-25-15)21-19-20-16-5-3-14(12-17(16)26-19)13-22-7-10-24-11-8-22/h1-6,9,12H,7-8,10-11,13H2,(H,20,21,23)/b6-4+. The van der Waals surface area contributed by atoms with E-state index in [0.717, 1.165) is 43.1 Å². The second-order valence-electron chi connectivity index (χ2n) is 6.05. The van der Waals surface area contributed by atoms with Crippen LogP contribution in [0.2, 0.25) is 0 Å². The van der Waals surface area contributed by atoms with E-state index in [9.17, 15) is 4.79 Å². The molecule has 0 atom stereocenters. The molecule has 26 heavy (non-hydrogen) atoms. The van der Waals surface area contributed by atoms with E-state index in [4.69, 9.17) is 9.15 Å². The number of carbonyl (C=O) groups is 1. The quantitative estimate of drug-likeness (QED) is 0.699. The molecule has 0 aliphatic carbocycles. The molecule has 0 saturated carbocycles. The first-order chi connectivity index (χ1) is 12.8. The molecule has 134 valence electrons. The summed E-state index contributed by atoms with van der Waals surface area (Å²) in [6.45, 7) is 4.42. The smallest absolute Gasteiger partial charge is 0.250 e. The van der Waals surface area contributed by atoms with Crippen LogP contribution in [0.5, 0.6) is 0 Å². The highest BCUT2D eigenvalue weighted by atomic mass is 32.1. The number of aromatic nitrogens is 1. The van der Waals surface area contributed by atoms with E-state index in [1.54, 1.807) is 24.5 Å². The van der Waals surface area contributed by atoms with Gasteiger partial charge in [-0.3, -0.25) is 15.0 Å². The van der Waals surface area contributed by atoms with Crippen molar-refractivity contribution in [3.8, 4) is 0 Å². The lowest BCUT2D eigenvalue weighted by Gasteiger charge is -2.26. The first-order valence-electron chi connectivity index (χ1n) is 8.48. The highest BCUT2D eigenvalue weighted by Crippen LogP contribution is 2.27. The molecular formula is C19H19N3O3S. The zero-order valence-electron chi connectivity index (χ0n) is 14.2. The molecule has 4 rings (SSSR count). The van der Waals surface area contributed by atoms with E-state index in [1.807, 2.05) is 6.07 Å². The lowest BCUT2D eigenvalue weighted by molar-refractivity contribution is -0.111. The first kappa shape index (κ1) is 17.0. The number of nitrogens with zero attached hydrogens (tertiary/aromatic N) is 2. The van der Waals surface area contributed by atoms with E-state index in [0.29, 0.717) is 10.9 Å². The van der Waals surface area contributed by atoms with Gasteiger partial charge in [0.05, 0.1) is 29.7 Å². The molecule has 1 aliphatic rings. The molecule has 1 aromatic carbocycles. The molecule has 7 heteroatoms. The maximum Gasteiger partial charge on any atom is 0.250 e. The van der Waals surface area contributed by atoms with Gasteiger partial charge in [-0.05, 0) is 35.9 Å². The maximum absolute atomic E-state index is 12.0. The zero-order chi connectivity index (χ0) is 17.8. The topological polar surface area (TPSA) is 67.6 Å². The van der Waals surface area contributed by atoms with Crippen molar-refractivity contribution in [1.82, 2.24) is 9.88 Å². The number of rotatable bonds is 5. The molecule has 1 amide bonds. The molecular weight excluding hydrogens is 350 g/mol. The van der Waals surface area contributed by atoms with Crippen LogP contribution in [0.25, 0.3) is 16.3 Å². The van der Waals surface area contributed by atoms with Gasteiger partial charge in [0, 0.05) is 25.7 Å². The lowest BCUT2D eigenvalue weighted by atomic mass is 10.2. The molecule has 0 unspecified atom stereocenters. The highest BCUT2D eigenvalue weighted by molar-refractivity contribution is 7.22. The van der Waals surface area contributed by atoms with E-state index in [1.165, 1.54) is 23.0 Å². The van der Waals surface area contributed by atoms with Crippen LogP contribution in [-0.4, -0.2) is 42.1 Å². The van der Waals surface area contributed by atoms with Crippen molar-refractivity contribution in [1.29, 1.82) is 0 Å². The van der Waals surface area contributed by atoms with Crippen LogP contribution >= 0.6 is 11.3 Å². The fourth-order valence-corrected chi connectivity index (χ4v) is 3.76. The number of hydrogen-bond donors (Lipinski definition) is 1. The molecule has 3 aromatic rings. The molecule has 0 radical (unpaired) electrons. The summed E-state index contributed by atoms with van der Waals surface area (Å²) < 4.78 is 11.6. The van der Waals surface area contributed by atoms with E-state index in [-0.39, 0.29) is 5.91 Å². The van der Waals surface area contributed by atoms with Crippen molar-refractivity contribution in [2.75, 3.05) is 31.6 Å². The van der Waals surface area contributed by atoms with Gasteiger partial charge in [-0.1, -0.05) is 17.4 Å². The second kappa shape index (κ2) is 7.82. The van der Waals surface area contributed by atoms with Crippen LogP contribution in [0.15, 0.2) is 47.1 Å². The second-order valence-corrected chi connectivity index (χ2v) is 7.08. The third kappa shape index (κ3) is 4.19. The van der Waals surface area contributed by atoms with Gasteiger partial charge in [0.1, 0.15) is 5.76 Å². The van der Waals surface area contributed by atoms with Crippen LogP contribution in [0.3, 0.4) is 0 Å². The normalized spacial score (nSPS) is 15.7. The van der Waals surface area contributed by atoms with Crippen LogP contribution < -0.4 is 5.32 Å². The minimum atomic E-state index is -0.228. The summed E-state index contributed by atoms with van der Waals surface area (Å²) in [4.78, 5) is 18.9. The van der Waals surface area contributed by atoms with Gasteiger partial charge in [0.15, 0.2) is 5.13 Å². The number of thiazole rings is 1. The predicted octanol–water partition coefficient (Wildman–Crippen LogP) is 3.37. The summed E-state index contributed by atoms with van der Waals surface area (Å²) in [6.07, 6.45) is 4.64. The minimum absolute atomic E-state index is 0.228. The van der Waals surface area contributed by atoms with Crippen molar-refractivity contribution in [2.24, 2.45) is 0 Å². The number of furan rings is 1. The Morgan fingerprint density at radius 3 is 3.00 bits per heavy atom. The Kier molecular flexibility index (Phi) is 5.10. The van der Waals surface area contributed by atoms with Crippen molar-refractivity contribution in [3.63, 3.8) is 0 Å². The fourth-order valence-electron chi connectivity index (χ4n) is 2.83. The van der Waals surface area contributed by atoms with Gasteiger partial charge in [0.2, 0.25) is 5.91 Å². The van der Waals surface area contributed by atoms with Crippen LogP contribution in [0.1, 0.15) is 11.3 Å². The summed E-state index contributed by atoms with van der Waals surface area (Å²) in [5.41, 5.74) is 2.14. The molecule has 2 aromatic heterocycles. The van der Waals surface area contributed by atoms with Crippen molar-refractivity contribution in [2.45, 2.75) is 6.54 Å². The Morgan fingerprint density at radius 2 is 2.19 bits per heavy atom. The van der Waals surface area contributed by atoms with E-state index < -0.39 is 0 Å². The van der Waals surface area contributed by atoms with Crippen LogP contribution in [0.4, 0.5) is 5.13 Å². The number of fused-ring (bicyclic) bond motifs is 1. The average molecular weight is 369 g/mol. The molecule has 3 heterocycles. The fraction of sp³-hybridized carbons (Fsp3) is 0.263.